The Morgan fingerprint density at radius 3 is 1.00 bits per heavy atom. The maximum atomic E-state index is 12.9. The van der Waals surface area contributed by atoms with E-state index in [1.807, 2.05) is 21.1 Å². The van der Waals surface area contributed by atoms with Gasteiger partial charge in [-0.15, -0.1) is 0 Å². The Morgan fingerprint density at radius 1 is 0.365 bits per heavy atom. The van der Waals surface area contributed by atoms with Gasteiger partial charge in [-0.2, -0.15) is 0 Å². The molecule has 0 rings (SSSR count). The van der Waals surface area contributed by atoms with Crippen molar-refractivity contribution >= 4 is 17.9 Å². The summed E-state index contributed by atoms with van der Waals surface area (Å²) in [4.78, 5) is 37.5. The summed E-state index contributed by atoms with van der Waals surface area (Å²) in [5.41, 5.74) is 0. The van der Waals surface area contributed by atoms with E-state index in [2.05, 4.69) is 62.5 Å². The number of carbonyl (C=O) groups excluding carboxylic acids is 3. The van der Waals surface area contributed by atoms with Crippen molar-refractivity contribution in [1.29, 1.82) is 0 Å². The van der Waals surface area contributed by atoms with Crippen LogP contribution >= 0.6 is 0 Å². The van der Waals surface area contributed by atoms with Gasteiger partial charge in [-0.25, -0.2) is 0 Å². The molecule has 0 aliphatic rings. The summed E-state index contributed by atoms with van der Waals surface area (Å²) in [5, 5.41) is 11.8. The fourth-order valence-corrected chi connectivity index (χ4v) is 11.0. The molecule has 0 N–H and O–H groups in total. The maximum Gasteiger partial charge on any atom is 0.306 e. The largest absolute Gasteiger partial charge is 0.545 e. The molecule has 0 saturated carbocycles. The maximum absolute atomic E-state index is 12.9. The van der Waals surface area contributed by atoms with Crippen molar-refractivity contribution in [3.05, 3.63) is 48.6 Å². The van der Waals surface area contributed by atoms with E-state index in [-0.39, 0.29) is 32.2 Å². The van der Waals surface area contributed by atoms with Gasteiger partial charge in [0.2, 0.25) is 0 Å². The summed E-state index contributed by atoms with van der Waals surface area (Å²) in [7, 11) is 5.94. The molecule has 0 radical (unpaired) electrons. The van der Waals surface area contributed by atoms with E-state index in [9.17, 15) is 19.5 Å². The number of esters is 2. The van der Waals surface area contributed by atoms with Crippen molar-refractivity contribution in [2.45, 2.75) is 373 Å². The highest BCUT2D eigenvalue weighted by atomic mass is 16.7. The Morgan fingerprint density at radius 2 is 0.671 bits per heavy atom. The highest BCUT2D eigenvalue weighted by Gasteiger charge is 2.22. The lowest BCUT2D eigenvalue weighted by Crippen LogP contribution is -2.44. The van der Waals surface area contributed by atoms with Crippen LogP contribution in [-0.2, 0) is 33.3 Å². The molecule has 85 heavy (non-hydrogen) atoms. The number of allylic oxidation sites excluding steroid dienone is 8. The first kappa shape index (κ1) is 82.2. The van der Waals surface area contributed by atoms with Crippen LogP contribution in [0.4, 0.5) is 0 Å². The second-order valence-electron chi connectivity index (χ2n) is 26.2. The number of quaternary nitrogens is 1. The Bertz CT molecular complexity index is 1530. The first-order chi connectivity index (χ1) is 41.6. The fourth-order valence-electron chi connectivity index (χ4n) is 11.0. The minimum Gasteiger partial charge on any atom is -0.545 e. The smallest absolute Gasteiger partial charge is 0.306 e. The van der Waals surface area contributed by atoms with Gasteiger partial charge in [-0.3, -0.25) is 9.59 Å². The van der Waals surface area contributed by atoms with Gasteiger partial charge in [0.15, 0.2) is 12.4 Å². The average Bonchev–Trinajstić information content (AvgIpc) is 3.49. The standard InChI is InChI=1S/C76H141NO8/c1-6-8-10-12-14-16-18-20-22-24-26-28-30-32-33-34-35-36-37-38-39-40-41-43-44-46-48-50-52-54-56-58-60-62-64-66-73(78)83-70-72(71-84-76(75(80)81)82-69-68-77(3,4)5)85-74(79)67-65-63-61-59-57-55-53-51-49-47-45-42-31-29-27-25-23-21-19-17-15-13-11-9-7-2/h9,11,15,17,21,23,27,29,72,76H,6-8,10,12-14,16,18-20,22,24-26,28,30-71H2,1-5H3/b11-9-,17-15-,23-21-,29-27-. The number of hydrogen-bond acceptors (Lipinski definition) is 8. The number of nitrogens with zero attached hydrogens (tertiary/aromatic N) is 1. The number of carbonyl (C=O) groups is 3. The van der Waals surface area contributed by atoms with Gasteiger partial charge >= 0.3 is 11.9 Å². The lowest BCUT2D eigenvalue weighted by Gasteiger charge is -2.26. The molecule has 2 unspecified atom stereocenters. The molecule has 0 aromatic rings. The summed E-state index contributed by atoms with van der Waals surface area (Å²) in [6.07, 6.45) is 83.6. The van der Waals surface area contributed by atoms with Gasteiger partial charge < -0.3 is 33.3 Å². The van der Waals surface area contributed by atoms with E-state index in [4.69, 9.17) is 18.9 Å². The fraction of sp³-hybridized carbons (Fsp3) is 0.855. The van der Waals surface area contributed by atoms with Crippen LogP contribution in [0.3, 0.4) is 0 Å². The van der Waals surface area contributed by atoms with E-state index in [0.29, 0.717) is 23.9 Å². The molecular formula is C76H141NO8. The molecule has 9 heteroatoms. The van der Waals surface area contributed by atoms with Crippen LogP contribution in [0.5, 0.6) is 0 Å². The highest BCUT2D eigenvalue weighted by molar-refractivity contribution is 5.70. The zero-order chi connectivity index (χ0) is 61.9. The van der Waals surface area contributed by atoms with E-state index in [1.165, 1.54) is 263 Å². The van der Waals surface area contributed by atoms with Gasteiger partial charge in [0.05, 0.1) is 40.3 Å². The van der Waals surface area contributed by atoms with E-state index < -0.39 is 24.3 Å². The average molecular weight is 1200 g/mol. The summed E-state index contributed by atoms with van der Waals surface area (Å²) >= 11 is 0. The molecule has 2 atom stereocenters. The monoisotopic (exact) mass is 1200 g/mol. The molecule has 0 amide bonds. The van der Waals surface area contributed by atoms with Crippen molar-refractivity contribution in [2.24, 2.45) is 0 Å². The van der Waals surface area contributed by atoms with Gasteiger partial charge in [0.1, 0.15) is 13.2 Å². The van der Waals surface area contributed by atoms with Gasteiger partial charge in [-0.1, -0.05) is 345 Å². The van der Waals surface area contributed by atoms with Crippen LogP contribution in [0.2, 0.25) is 0 Å². The third kappa shape index (κ3) is 68.6. The Hall–Kier alpha value is -2.75. The molecule has 0 spiro atoms. The van der Waals surface area contributed by atoms with E-state index in [1.54, 1.807) is 0 Å². The van der Waals surface area contributed by atoms with Crippen LogP contribution < -0.4 is 5.11 Å². The molecule has 0 aliphatic heterocycles. The normalized spacial score (nSPS) is 12.9. The van der Waals surface area contributed by atoms with E-state index in [0.717, 1.165) is 64.2 Å². The number of rotatable bonds is 69. The van der Waals surface area contributed by atoms with Crippen molar-refractivity contribution in [3.63, 3.8) is 0 Å². The summed E-state index contributed by atoms with van der Waals surface area (Å²) in [6.45, 7) is 4.70. The van der Waals surface area contributed by atoms with Crippen molar-refractivity contribution in [1.82, 2.24) is 0 Å². The van der Waals surface area contributed by atoms with Crippen LogP contribution in [0, 0.1) is 0 Å². The van der Waals surface area contributed by atoms with Gasteiger partial charge in [-0.05, 0) is 51.4 Å². The Balaban J connectivity index is 4.00. The number of aliphatic carboxylic acids is 1. The third-order valence-corrected chi connectivity index (χ3v) is 16.6. The lowest BCUT2D eigenvalue weighted by molar-refractivity contribution is -0.870. The topological polar surface area (TPSA) is 111 Å². The molecule has 0 bridgehead atoms. The highest BCUT2D eigenvalue weighted by Crippen LogP contribution is 2.19. The quantitative estimate of drug-likeness (QED) is 0.0195. The second-order valence-corrected chi connectivity index (χ2v) is 26.2. The minimum absolute atomic E-state index is 0.148. The minimum atomic E-state index is -1.62. The number of carboxylic acids is 1. The molecule has 0 heterocycles. The number of carboxylic acid groups (broad SMARTS) is 1. The molecule has 0 saturated heterocycles. The third-order valence-electron chi connectivity index (χ3n) is 16.6. The van der Waals surface area contributed by atoms with Crippen LogP contribution in [-0.4, -0.2) is 82.3 Å². The number of ether oxygens (including phenoxy) is 4. The predicted octanol–water partition coefficient (Wildman–Crippen LogP) is 21.6. The first-order valence-corrected chi connectivity index (χ1v) is 36.8. The molecule has 0 aromatic carbocycles. The SMILES string of the molecule is CC/C=C\C/C=C\C/C=C\C/C=C\CCCCCCCCCCCCCCC(=O)OC(COC(=O)CCCCCCCCCCCCCCCCCCCCCCCCCCCCCCCCCCCCC)COC(OCC[N+](C)(C)C)C(=O)[O-]. The number of hydrogen-bond donors (Lipinski definition) is 0. The summed E-state index contributed by atoms with van der Waals surface area (Å²) < 4.78 is 22.8. The van der Waals surface area contributed by atoms with Crippen LogP contribution in [0.15, 0.2) is 48.6 Å². The van der Waals surface area contributed by atoms with Crippen LogP contribution in [0.25, 0.3) is 0 Å². The summed E-state index contributed by atoms with van der Waals surface area (Å²) in [6, 6.07) is 0. The molecule has 498 valence electrons. The second kappa shape index (κ2) is 67.2. The molecule has 0 aromatic heterocycles. The van der Waals surface area contributed by atoms with Crippen molar-refractivity contribution < 1.29 is 42.9 Å². The molecule has 0 fully saturated rings. The molecular weight excluding hydrogens is 1050 g/mol. The van der Waals surface area contributed by atoms with Crippen molar-refractivity contribution in [3.8, 4) is 0 Å². The first-order valence-electron chi connectivity index (χ1n) is 36.8. The zero-order valence-electron chi connectivity index (χ0n) is 57.0. The Labute approximate surface area is 527 Å². The number of unbranched alkanes of at least 4 members (excludes halogenated alkanes) is 46. The lowest BCUT2D eigenvalue weighted by atomic mass is 10.0. The molecule has 9 nitrogen and oxygen atoms in total. The molecule has 0 aliphatic carbocycles. The zero-order valence-corrected chi connectivity index (χ0v) is 57.0. The van der Waals surface area contributed by atoms with Crippen molar-refractivity contribution in [2.75, 3.05) is 47.5 Å². The number of likely N-dealkylation sites (N-methyl/N-ethyl adjacent to an activating group) is 1. The van der Waals surface area contributed by atoms with Crippen LogP contribution in [0.1, 0.15) is 361 Å². The summed E-state index contributed by atoms with van der Waals surface area (Å²) in [5.74, 6) is -2.26. The van der Waals surface area contributed by atoms with E-state index >= 15 is 0 Å². The predicted molar refractivity (Wildman–Crippen MR) is 362 cm³/mol. The van der Waals surface area contributed by atoms with Gasteiger partial charge in [0.25, 0.3) is 0 Å². The Kier molecular flexibility index (Phi) is 65.0. The van der Waals surface area contributed by atoms with Gasteiger partial charge in [0, 0.05) is 12.8 Å².